The van der Waals surface area contributed by atoms with Crippen LogP contribution in [0.25, 0.3) is 0 Å². The van der Waals surface area contributed by atoms with Gasteiger partial charge in [-0.2, -0.15) is 0 Å². The van der Waals surface area contributed by atoms with Gasteiger partial charge in [0.25, 0.3) is 0 Å². The molecule has 0 aromatic rings. The lowest BCUT2D eigenvalue weighted by Gasteiger charge is -2.33. The number of nitrogens with zero attached hydrogens (tertiary/aromatic N) is 3. The SMILES string of the molecule is CCC(C)NC(=NCC(=O)N(C)C)N1CCC(O)CC1. The average Bonchev–Trinajstić information content (AvgIpc) is 2.43. The van der Waals surface area contributed by atoms with Crippen LogP contribution < -0.4 is 5.32 Å². The molecule has 1 atom stereocenters. The summed E-state index contributed by atoms with van der Waals surface area (Å²) in [6, 6.07) is 0.315. The summed E-state index contributed by atoms with van der Waals surface area (Å²) in [4.78, 5) is 19.8. The number of nitrogens with one attached hydrogen (secondary N) is 1. The largest absolute Gasteiger partial charge is 0.393 e. The molecule has 0 bridgehead atoms. The molecule has 6 heteroatoms. The number of aliphatic imine (C=N–C) groups is 1. The van der Waals surface area contributed by atoms with Crippen LogP contribution in [-0.4, -0.2) is 72.6 Å². The fourth-order valence-corrected chi connectivity index (χ4v) is 1.92. The average molecular weight is 284 g/mol. The third kappa shape index (κ3) is 5.36. The number of piperidine rings is 1. The Balaban J connectivity index is 2.68. The smallest absolute Gasteiger partial charge is 0.243 e. The normalized spacial score (nSPS) is 18.9. The van der Waals surface area contributed by atoms with E-state index < -0.39 is 0 Å². The third-order valence-electron chi connectivity index (χ3n) is 3.61. The first-order chi connectivity index (χ1) is 9.43. The van der Waals surface area contributed by atoms with Gasteiger partial charge in [-0.1, -0.05) is 6.92 Å². The monoisotopic (exact) mass is 284 g/mol. The summed E-state index contributed by atoms with van der Waals surface area (Å²) in [5.41, 5.74) is 0. The van der Waals surface area contributed by atoms with Gasteiger partial charge in [0.05, 0.1) is 6.10 Å². The van der Waals surface area contributed by atoms with Crippen LogP contribution in [0.1, 0.15) is 33.1 Å². The maximum absolute atomic E-state index is 11.7. The highest BCUT2D eigenvalue weighted by molar-refractivity contribution is 5.85. The third-order valence-corrected chi connectivity index (χ3v) is 3.61. The predicted molar refractivity (Wildman–Crippen MR) is 80.7 cm³/mol. The number of carbonyl (C=O) groups is 1. The second-order valence-corrected chi connectivity index (χ2v) is 5.60. The molecule has 0 spiro atoms. The fourth-order valence-electron chi connectivity index (χ4n) is 1.92. The van der Waals surface area contributed by atoms with Gasteiger partial charge in [0.15, 0.2) is 5.96 Å². The van der Waals surface area contributed by atoms with Crippen molar-refractivity contribution in [3.05, 3.63) is 0 Å². The molecule has 1 amide bonds. The van der Waals surface area contributed by atoms with Crippen molar-refractivity contribution in [1.29, 1.82) is 0 Å². The van der Waals surface area contributed by atoms with E-state index >= 15 is 0 Å². The fraction of sp³-hybridized carbons (Fsp3) is 0.857. The first-order valence-corrected chi connectivity index (χ1v) is 7.38. The molecular weight excluding hydrogens is 256 g/mol. The molecule has 116 valence electrons. The summed E-state index contributed by atoms with van der Waals surface area (Å²) in [6.45, 7) is 5.92. The maximum Gasteiger partial charge on any atom is 0.243 e. The van der Waals surface area contributed by atoms with Crippen LogP contribution in [-0.2, 0) is 4.79 Å². The van der Waals surface area contributed by atoms with Crippen LogP contribution in [0.2, 0.25) is 0 Å². The molecule has 1 unspecified atom stereocenters. The second-order valence-electron chi connectivity index (χ2n) is 5.60. The molecular formula is C14H28N4O2. The number of aliphatic hydroxyl groups excluding tert-OH is 1. The molecule has 0 saturated carbocycles. The van der Waals surface area contributed by atoms with E-state index in [4.69, 9.17) is 0 Å². The van der Waals surface area contributed by atoms with Crippen LogP contribution in [0, 0.1) is 0 Å². The molecule has 0 radical (unpaired) electrons. The quantitative estimate of drug-likeness (QED) is 0.574. The number of likely N-dealkylation sites (tertiary alicyclic amines) is 1. The highest BCUT2D eigenvalue weighted by Crippen LogP contribution is 2.10. The van der Waals surface area contributed by atoms with Crippen molar-refractivity contribution in [2.24, 2.45) is 4.99 Å². The Kier molecular flexibility index (Phi) is 6.78. The Bertz CT molecular complexity index is 336. The van der Waals surface area contributed by atoms with E-state index in [0.717, 1.165) is 38.3 Å². The molecule has 0 aromatic heterocycles. The molecule has 0 aliphatic carbocycles. The summed E-state index contributed by atoms with van der Waals surface area (Å²) in [5.74, 6) is 0.770. The standard InChI is InChI=1S/C14H28N4O2/c1-5-11(2)16-14(15-10-13(20)17(3)4)18-8-6-12(19)7-9-18/h11-12,19H,5-10H2,1-4H3,(H,15,16). The van der Waals surface area contributed by atoms with E-state index in [1.807, 2.05) is 0 Å². The Morgan fingerprint density at radius 3 is 2.55 bits per heavy atom. The lowest BCUT2D eigenvalue weighted by atomic mass is 10.1. The Morgan fingerprint density at radius 2 is 2.05 bits per heavy atom. The van der Waals surface area contributed by atoms with E-state index in [1.54, 1.807) is 19.0 Å². The van der Waals surface area contributed by atoms with E-state index in [2.05, 4.69) is 29.1 Å². The molecule has 1 heterocycles. The van der Waals surface area contributed by atoms with E-state index in [-0.39, 0.29) is 18.6 Å². The summed E-state index contributed by atoms with van der Waals surface area (Å²) < 4.78 is 0. The van der Waals surface area contributed by atoms with Gasteiger partial charge in [0.2, 0.25) is 5.91 Å². The lowest BCUT2D eigenvalue weighted by molar-refractivity contribution is -0.127. The van der Waals surface area contributed by atoms with Crippen LogP contribution in [0.15, 0.2) is 4.99 Å². The molecule has 2 N–H and O–H groups in total. The first kappa shape index (κ1) is 16.8. The van der Waals surface area contributed by atoms with Gasteiger partial charge in [-0.3, -0.25) is 4.79 Å². The molecule has 1 fully saturated rings. The minimum Gasteiger partial charge on any atom is -0.393 e. The molecule has 1 aliphatic heterocycles. The summed E-state index contributed by atoms with van der Waals surface area (Å²) in [6.07, 6.45) is 2.29. The van der Waals surface area contributed by atoms with Crippen LogP contribution in [0.3, 0.4) is 0 Å². The van der Waals surface area contributed by atoms with Crippen molar-refractivity contribution < 1.29 is 9.90 Å². The minimum absolute atomic E-state index is 0.00880. The first-order valence-electron chi connectivity index (χ1n) is 7.38. The molecule has 1 saturated heterocycles. The molecule has 0 aromatic carbocycles. The number of hydrogen-bond donors (Lipinski definition) is 2. The zero-order valence-corrected chi connectivity index (χ0v) is 13.1. The Labute approximate surface area is 121 Å². The molecule has 1 rings (SSSR count). The number of amides is 1. The Morgan fingerprint density at radius 1 is 1.45 bits per heavy atom. The number of likely N-dealkylation sites (N-methyl/N-ethyl adjacent to an activating group) is 1. The minimum atomic E-state index is -0.209. The second kappa shape index (κ2) is 8.09. The number of carbonyl (C=O) groups excluding carboxylic acids is 1. The van der Waals surface area contributed by atoms with Crippen molar-refractivity contribution in [1.82, 2.24) is 15.1 Å². The number of rotatable bonds is 4. The van der Waals surface area contributed by atoms with Crippen molar-refractivity contribution in [2.45, 2.75) is 45.3 Å². The molecule has 20 heavy (non-hydrogen) atoms. The topological polar surface area (TPSA) is 68.2 Å². The summed E-state index contributed by atoms with van der Waals surface area (Å²) in [7, 11) is 3.47. The predicted octanol–water partition coefficient (Wildman–Crippen LogP) is 0.275. The van der Waals surface area contributed by atoms with Crippen molar-refractivity contribution in [3.63, 3.8) is 0 Å². The van der Waals surface area contributed by atoms with Crippen molar-refractivity contribution >= 4 is 11.9 Å². The van der Waals surface area contributed by atoms with Gasteiger partial charge in [0, 0.05) is 33.2 Å². The Hall–Kier alpha value is -1.30. The van der Waals surface area contributed by atoms with Gasteiger partial charge in [-0.25, -0.2) is 4.99 Å². The van der Waals surface area contributed by atoms with Crippen LogP contribution >= 0.6 is 0 Å². The molecule has 6 nitrogen and oxygen atoms in total. The molecule has 1 aliphatic rings. The van der Waals surface area contributed by atoms with Gasteiger partial charge in [0.1, 0.15) is 6.54 Å². The number of aliphatic hydroxyl groups is 1. The van der Waals surface area contributed by atoms with Gasteiger partial charge in [-0.15, -0.1) is 0 Å². The van der Waals surface area contributed by atoms with Gasteiger partial charge in [-0.05, 0) is 26.2 Å². The zero-order valence-electron chi connectivity index (χ0n) is 13.1. The van der Waals surface area contributed by atoms with E-state index in [1.165, 1.54) is 0 Å². The van der Waals surface area contributed by atoms with Crippen molar-refractivity contribution in [3.8, 4) is 0 Å². The highest BCUT2D eigenvalue weighted by atomic mass is 16.3. The summed E-state index contributed by atoms with van der Waals surface area (Å²) >= 11 is 0. The zero-order chi connectivity index (χ0) is 15.1. The number of hydrogen-bond acceptors (Lipinski definition) is 3. The summed E-state index contributed by atoms with van der Waals surface area (Å²) in [5, 5.41) is 12.9. The number of guanidine groups is 1. The lowest BCUT2D eigenvalue weighted by Crippen LogP contribution is -2.49. The van der Waals surface area contributed by atoms with Crippen molar-refractivity contribution in [2.75, 3.05) is 33.7 Å². The highest BCUT2D eigenvalue weighted by Gasteiger charge is 2.21. The van der Waals surface area contributed by atoms with Gasteiger partial charge < -0.3 is 20.2 Å². The van der Waals surface area contributed by atoms with Crippen LogP contribution in [0.4, 0.5) is 0 Å². The maximum atomic E-state index is 11.7. The van der Waals surface area contributed by atoms with E-state index in [0.29, 0.717) is 6.04 Å². The van der Waals surface area contributed by atoms with Crippen LogP contribution in [0.5, 0.6) is 0 Å². The van der Waals surface area contributed by atoms with E-state index in [9.17, 15) is 9.90 Å². The van der Waals surface area contributed by atoms with Gasteiger partial charge >= 0.3 is 0 Å².